The number of aldehydes is 1. The molecule has 0 amide bonds. The molecular weight excluding hydrogens is 1960 g/mol. The predicted molar refractivity (Wildman–Crippen MR) is 484 cm³/mol. The van der Waals surface area contributed by atoms with Crippen LogP contribution >= 0.6 is 243 Å². The molecule has 0 saturated carbocycles. The minimum absolute atomic E-state index is 0. The number of halogens is 3. The number of aromatic nitrogens is 6. The summed E-state index contributed by atoms with van der Waals surface area (Å²) in [5, 5.41) is 19.1. The van der Waals surface area contributed by atoms with Crippen LogP contribution in [0.15, 0.2) is 107 Å². The topological polar surface area (TPSA) is 119 Å². The Morgan fingerprint density at radius 1 is 0.394 bits per heavy atom. The average molecular weight is 2040 g/mol. The van der Waals surface area contributed by atoms with E-state index in [0.717, 1.165) is 83.3 Å². The van der Waals surface area contributed by atoms with Crippen molar-refractivity contribution in [2.45, 2.75) is 107 Å². The molecule has 0 unspecified atom stereocenters. The van der Waals surface area contributed by atoms with E-state index in [0.29, 0.717) is 0 Å². The zero-order chi connectivity index (χ0) is 70.6. The molecule has 0 aliphatic carbocycles. The number of rotatable bonds is 9. The van der Waals surface area contributed by atoms with Gasteiger partial charge in [-0.05, 0) is 210 Å². The fourth-order valence-electron chi connectivity index (χ4n) is 8.32. The number of nitrogens with zero attached hydrogens (tertiary/aromatic N) is 8. The maximum absolute atomic E-state index is 10.1. The monoisotopic (exact) mass is 2030 g/mol. The zero-order valence-electron chi connectivity index (χ0n) is 55.0. The number of carbonyl (C=O) groups is 1. The Bertz CT molecular complexity index is 4700. The fraction of sp³-hybridized carbons (Fsp3) is 0.258. The van der Waals surface area contributed by atoms with Gasteiger partial charge < -0.3 is 0 Å². The first kappa shape index (κ1) is 86.9. The molecular formula is C66H71B2Br3N8OS17Sn2. The number of hydrogen-bond acceptors (Lipinski definition) is 26. The molecule has 15 aromatic heterocycles. The molecule has 0 N–H and O–H groups in total. The number of fused-ring (bicyclic) bond motifs is 3. The third-order valence-corrected chi connectivity index (χ3v) is 51.0. The molecule has 2 radical (unpaired) electrons. The molecule has 99 heavy (non-hydrogen) atoms. The minimum atomic E-state index is -2.03. The first-order valence-corrected chi connectivity index (χ1v) is 64.7. The molecule has 0 aromatic carbocycles. The third-order valence-electron chi connectivity index (χ3n) is 13.4. The number of hydrogen-bond donors (Lipinski definition) is 2. The summed E-state index contributed by atoms with van der Waals surface area (Å²) in [5.41, 5.74) is 11.6. The van der Waals surface area contributed by atoms with E-state index in [1.807, 2.05) is 41.0 Å². The van der Waals surface area contributed by atoms with Crippen LogP contribution in [-0.4, -0.2) is 88.2 Å². The van der Waals surface area contributed by atoms with E-state index in [-0.39, 0.29) is 14.9 Å². The van der Waals surface area contributed by atoms with E-state index in [4.69, 9.17) is 29.9 Å². The first-order chi connectivity index (χ1) is 46.0. The molecule has 15 aromatic rings. The summed E-state index contributed by atoms with van der Waals surface area (Å²) >= 11 is 38.9. The van der Waals surface area contributed by atoms with E-state index >= 15 is 0 Å². The summed E-state index contributed by atoms with van der Waals surface area (Å²) in [5.74, 6) is 0. The van der Waals surface area contributed by atoms with Crippen LogP contribution in [0.2, 0.25) is 29.6 Å². The zero-order valence-corrected chi connectivity index (χ0v) is 79.5. The predicted octanol–water partition coefficient (Wildman–Crippen LogP) is 28.5. The number of carbonyl (C=O) groups excluding carboxylic acids is 1. The van der Waals surface area contributed by atoms with Crippen LogP contribution in [-0.2, 0) is 0 Å². The van der Waals surface area contributed by atoms with Gasteiger partial charge in [0.2, 0.25) is 0 Å². The Hall–Kier alpha value is -1.00. The second-order valence-electron chi connectivity index (χ2n) is 23.2. The third kappa shape index (κ3) is 23.7. The van der Waals surface area contributed by atoms with Crippen LogP contribution in [0.4, 0.5) is 0 Å². The van der Waals surface area contributed by atoms with E-state index in [2.05, 4.69) is 258 Å². The molecule has 15 rings (SSSR count). The molecule has 0 spiro atoms. The molecule has 0 atom stereocenters. The average Bonchev–Trinajstić information content (AvgIpc) is 1.63. The Balaban J connectivity index is 0.000000197. The van der Waals surface area contributed by atoms with Gasteiger partial charge in [0.05, 0.1) is 35.7 Å². The quantitative estimate of drug-likeness (QED) is 0.0839. The fourth-order valence-corrected chi connectivity index (χ4v) is 36.3. The van der Waals surface area contributed by atoms with Crippen molar-refractivity contribution in [1.29, 1.82) is 0 Å². The maximum atomic E-state index is 10.1. The van der Waals surface area contributed by atoms with Gasteiger partial charge in [0, 0.05) is 0 Å². The van der Waals surface area contributed by atoms with Crippen LogP contribution in [0, 0.1) is 62.3 Å². The normalized spacial score (nSPS) is 10.8. The summed E-state index contributed by atoms with van der Waals surface area (Å²) in [4.78, 5) is 69.0. The van der Waals surface area contributed by atoms with Gasteiger partial charge in [-0.25, -0.2) is 19.9 Å². The number of aryl methyl sites for hydroxylation is 9. The van der Waals surface area contributed by atoms with Crippen molar-refractivity contribution in [3.8, 4) is 59.3 Å². The van der Waals surface area contributed by atoms with Crippen molar-refractivity contribution in [3.63, 3.8) is 0 Å². The summed E-state index contributed by atoms with van der Waals surface area (Å²) in [6.45, 7) is 19.1. The molecule has 0 aliphatic rings. The molecule has 9 nitrogen and oxygen atoms in total. The molecule has 33 heteroatoms. The summed E-state index contributed by atoms with van der Waals surface area (Å²) in [7, 11) is 8.67. The Morgan fingerprint density at radius 3 is 0.889 bits per heavy atom. The summed E-state index contributed by atoms with van der Waals surface area (Å²) in [6.07, 6.45) is 0.889. The standard InChI is InChI=1S/C14H8Br2N2S4.C14H10N2S4.C14H8N2S4.C6H6OS.C5H5BrS.C5H6S.2CH4.6CH3.2BHNS.2Sn/c1-5-3-7(15)19-9(5)11-17-13-14(21-11)18-12(22-13)10-6(2)4-8(16)20-10;2*1-7-3-5-17-9(7)11-15-13-14(19-11)16-12(20-13)10-8(2)4-6-18-10;1-5-2-3-8-6(5)4-7;1-4-2-3-7-5(4)6;1-5-2-3-6-4-5;;;;;;;;;2*1-2-3;;/h3-4H,1-2H3;3-6H,1-2H3;3-4H,1-2H3;2-4H,1H3;2-3H,1H3;2-4H,1H3;2*1H4;6*1H3;2*3H;;. The van der Waals surface area contributed by atoms with E-state index in [9.17, 15) is 4.79 Å². The van der Waals surface area contributed by atoms with Gasteiger partial charge >= 0.3 is 244 Å². The van der Waals surface area contributed by atoms with Crippen LogP contribution in [0.1, 0.15) is 74.6 Å². The molecule has 0 fully saturated rings. The first-order valence-electron chi connectivity index (χ1n) is 29.0. The number of thiazole rings is 6. The van der Waals surface area contributed by atoms with Gasteiger partial charge in [0.1, 0.15) is 20.0 Å². The van der Waals surface area contributed by atoms with Gasteiger partial charge in [-0.15, -0.1) is 68.0 Å². The van der Waals surface area contributed by atoms with Crippen LogP contribution in [0.5, 0.6) is 0 Å². The van der Waals surface area contributed by atoms with Crippen molar-refractivity contribution >= 4 is 337 Å². The van der Waals surface area contributed by atoms with E-state index in [1.165, 1.54) is 88.9 Å². The number of thiophene rings is 9. The second-order valence-corrected chi connectivity index (χ2v) is 73.1. The summed E-state index contributed by atoms with van der Waals surface area (Å²) in [6, 6.07) is 19.5. The van der Waals surface area contributed by atoms with Crippen molar-refractivity contribution in [1.82, 2.24) is 29.9 Å². The van der Waals surface area contributed by atoms with Gasteiger partial charge in [0.15, 0.2) is 25.6 Å². The van der Waals surface area contributed by atoms with Crippen molar-refractivity contribution in [2.24, 2.45) is 8.60 Å². The Labute approximate surface area is 688 Å². The Morgan fingerprint density at radius 2 is 0.697 bits per heavy atom. The van der Waals surface area contributed by atoms with E-state index in [1.54, 1.807) is 142 Å². The summed E-state index contributed by atoms with van der Waals surface area (Å²) < 4.78 is 12.2. The van der Waals surface area contributed by atoms with Gasteiger partial charge in [0.25, 0.3) is 0 Å². The molecule has 0 bridgehead atoms. The van der Waals surface area contributed by atoms with Crippen LogP contribution in [0.25, 0.3) is 88.3 Å². The van der Waals surface area contributed by atoms with Crippen LogP contribution in [0.3, 0.4) is 0 Å². The molecule has 518 valence electrons. The van der Waals surface area contributed by atoms with Crippen molar-refractivity contribution in [3.05, 3.63) is 153 Å². The second kappa shape index (κ2) is 40.3. The SMILES string of the molecule is C.C.Cc1c[c]([Sn]([CH3])([CH3])[CH3])sc1-c1nc2sc(-c3s[c]([Sn]([CH3])([CH3])[CH3])cc3C)nc2s1.Cc1cc(Br)sc1-c1nc2sc(-c3sc(Br)cc3C)nc2s1.Cc1ccsc1.Cc1ccsc1-c1nc2sc(-c3sccc3C)nc2s1.Cc1ccsc1Br.Cc1ccsc1C=O.[B]=NS.[B]=NS. The number of thiol groups is 2. The molecule has 0 saturated heterocycles. The van der Waals surface area contributed by atoms with Gasteiger partial charge in [-0.1, -0.05) is 60.2 Å². The molecule has 0 aliphatic heterocycles. The van der Waals surface area contributed by atoms with Gasteiger partial charge in [-0.3, -0.25) is 4.79 Å². The van der Waals surface area contributed by atoms with Crippen molar-refractivity contribution < 1.29 is 4.79 Å². The van der Waals surface area contributed by atoms with E-state index < -0.39 is 36.8 Å². The van der Waals surface area contributed by atoms with Crippen molar-refractivity contribution in [2.75, 3.05) is 0 Å². The van der Waals surface area contributed by atoms with Gasteiger partial charge in [-0.2, -0.15) is 11.3 Å². The van der Waals surface area contributed by atoms with Crippen LogP contribution < -0.4 is 5.79 Å². The Kier molecular flexibility index (Phi) is 35.3. The molecule has 15 heterocycles.